The van der Waals surface area contributed by atoms with Gasteiger partial charge in [-0.1, -0.05) is 11.6 Å². The van der Waals surface area contributed by atoms with Crippen LogP contribution in [0.3, 0.4) is 0 Å². The van der Waals surface area contributed by atoms with Crippen LogP contribution in [0.15, 0.2) is 68.4 Å². The molecule has 4 aromatic rings. The molecule has 2 aromatic carbocycles. The van der Waals surface area contributed by atoms with Gasteiger partial charge in [0, 0.05) is 21.1 Å². The predicted octanol–water partition coefficient (Wildman–Crippen LogP) is 5.39. The number of aryl methyl sites for hydroxylation is 1. The largest absolute Gasteiger partial charge is 0.446 e. The van der Waals surface area contributed by atoms with Crippen LogP contribution in [0.4, 0.5) is 17.3 Å². The quantitative estimate of drug-likeness (QED) is 0.414. The normalized spacial score (nSPS) is 16.0. The number of nitrogens with two attached hydrogens (primary N) is 1. The molecule has 0 radical (unpaired) electrons. The number of nitrogens with one attached hydrogen (secondary N) is 1. The van der Waals surface area contributed by atoms with Gasteiger partial charge >= 0.3 is 0 Å². The second kappa shape index (κ2) is 7.38. The van der Waals surface area contributed by atoms with Crippen molar-refractivity contribution in [2.75, 3.05) is 9.62 Å². The minimum absolute atomic E-state index is 0.270. The fourth-order valence-electron chi connectivity index (χ4n) is 3.53. The molecule has 0 saturated heterocycles. The van der Waals surface area contributed by atoms with E-state index in [4.69, 9.17) is 21.8 Å². The van der Waals surface area contributed by atoms with Crippen molar-refractivity contribution >= 4 is 66.6 Å². The van der Waals surface area contributed by atoms with E-state index in [0.717, 1.165) is 21.3 Å². The molecule has 3 heterocycles. The van der Waals surface area contributed by atoms with Gasteiger partial charge in [0.05, 0.1) is 11.8 Å². The van der Waals surface area contributed by atoms with Crippen LogP contribution in [-0.4, -0.2) is 14.8 Å². The van der Waals surface area contributed by atoms with Gasteiger partial charge in [0.1, 0.15) is 16.7 Å². The number of anilines is 2. The average molecular weight is 473 g/mol. The first-order valence-corrected chi connectivity index (χ1v) is 12.0. The molecule has 1 aliphatic rings. The number of hydrogen-bond acceptors (Lipinski definition) is 7. The topological polar surface area (TPSA) is 101 Å². The van der Waals surface area contributed by atoms with Gasteiger partial charge < -0.3 is 15.1 Å². The van der Waals surface area contributed by atoms with Crippen molar-refractivity contribution in [2.45, 2.75) is 17.3 Å². The first kappa shape index (κ1) is 20.1. The summed E-state index contributed by atoms with van der Waals surface area (Å²) < 4.78 is 35.1. The highest BCUT2D eigenvalue weighted by Crippen LogP contribution is 2.37. The molecule has 1 atom stereocenters. The van der Waals surface area contributed by atoms with Gasteiger partial charge in [-0.15, -0.1) is 11.3 Å². The smallest absolute Gasteiger partial charge is 0.271 e. The lowest BCUT2D eigenvalue weighted by Gasteiger charge is -2.29. The lowest BCUT2D eigenvalue weighted by Crippen LogP contribution is -2.35. The standard InChI is InChI=1S/C21H17ClN4O3S2/c1-12-17-10-13(22)2-7-18(17)30-21(12)31(27,28)25-14-3-5-15(6-4-14)26-11-24-20-16(19(26)23)8-9-29-20/h2-11,19,25H,23H2,1H3. The van der Waals surface area contributed by atoms with Gasteiger partial charge in [0.15, 0.2) is 0 Å². The Labute approximate surface area is 187 Å². The van der Waals surface area contributed by atoms with Crippen LogP contribution in [0.1, 0.15) is 17.3 Å². The van der Waals surface area contributed by atoms with Gasteiger partial charge in [0.25, 0.3) is 10.0 Å². The van der Waals surface area contributed by atoms with Crippen molar-refractivity contribution in [3.8, 4) is 0 Å². The summed E-state index contributed by atoms with van der Waals surface area (Å²) >= 11 is 7.29. The Hall–Kier alpha value is -2.85. The maximum Gasteiger partial charge on any atom is 0.271 e. The van der Waals surface area contributed by atoms with Gasteiger partial charge in [-0.25, -0.2) is 13.4 Å². The molecule has 10 heteroatoms. The summed E-state index contributed by atoms with van der Waals surface area (Å²) in [7, 11) is -3.75. The molecule has 0 fully saturated rings. The minimum atomic E-state index is -3.75. The summed E-state index contributed by atoms with van der Waals surface area (Å²) in [4.78, 5) is 6.04. The SMILES string of the molecule is Cc1c(S(=O)(=O)Nc2ccc(N3C=Nc4occc4C3N)cc2)sc2ccc(Cl)cc12. The Bertz CT molecular complexity index is 1420. The molecule has 0 amide bonds. The van der Waals surface area contributed by atoms with Crippen molar-refractivity contribution in [2.24, 2.45) is 10.7 Å². The third kappa shape index (κ3) is 3.49. The lowest BCUT2D eigenvalue weighted by atomic mass is 10.2. The summed E-state index contributed by atoms with van der Waals surface area (Å²) in [6, 6.07) is 14.1. The number of nitrogens with zero attached hydrogens (tertiary/aromatic N) is 2. The number of benzene rings is 2. The molecule has 2 aromatic heterocycles. The molecule has 1 aliphatic heterocycles. The minimum Gasteiger partial charge on any atom is -0.446 e. The van der Waals surface area contributed by atoms with E-state index in [-0.39, 0.29) is 4.21 Å². The predicted molar refractivity (Wildman–Crippen MR) is 125 cm³/mol. The highest BCUT2D eigenvalue weighted by Gasteiger charge is 2.25. The molecule has 0 saturated carbocycles. The van der Waals surface area contributed by atoms with Crippen LogP contribution in [-0.2, 0) is 10.0 Å². The fourth-order valence-corrected chi connectivity index (χ4v) is 6.51. The Balaban J connectivity index is 1.40. The van der Waals surface area contributed by atoms with Crippen molar-refractivity contribution < 1.29 is 12.8 Å². The highest BCUT2D eigenvalue weighted by molar-refractivity contribution is 7.94. The van der Waals surface area contributed by atoms with E-state index in [1.54, 1.807) is 66.9 Å². The number of rotatable bonds is 4. The molecule has 31 heavy (non-hydrogen) atoms. The number of hydrogen-bond donors (Lipinski definition) is 2. The summed E-state index contributed by atoms with van der Waals surface area (Å²) in [6.07, 6.45) is 2.70. The van der Waals surface area contributed by atoms with Gasteiger partial charge in [-0.05, 0) is 66.4 Å². The number of furan rings is 1. The Morgan fingerprint density at radius 1 is 1.19 bits per heavy atom. The second-order valence-electron chi connectivity index (χ2n) is 7.09. The monoisotopic (exact) mass is 472 g/mol. The van der Waals surface area contributed by atoms with Crippen molar-refractivity contribution in [1.82, 2.24) is 0 Å². The molecule has 1 unspecified atom stereocenters. The Morgan fingerprint density at radius 2 is 1.97 bits per heavy atom. The molecule has 0 spiro atoms. The highest BCUT2D eigenvalue weighted by atomic mass is 35.5. The molecule has 0 bridgehead atoms. The molecular weight excluding hydrogens is 456 g/mol. The summed E-state index contributed by atoms with van der Waals surface area (Å²) in [5.74, 6) is 0.494. The number of thiophene rings is 1. The maximum absolute atomic E-state index is 13.0. The number of sulfonamides is 1. The first-order chi connectivity index (χ1) is 14.8. The van der Waals surface area contributed by atoms with Crippen LogP contribution in [0.25, 0.3) is 10.1 Å². The third-order valence-corrected chi connectivity index (χ3v) is 8.62. The number of aliphatic imine (C=N–C) groups is 1. The van der Waals surface area contributed by atoms with E-state index in [2.05, 4.69) is 9.71 Å². The number of fused-ring (bicyclic) bond motifs is 2. The van der Waals surface area contributed by atoms with Crippen LogP contribution in [0.2, 0.25) is 5.02 Å². The van der Waals surface area contributed by atoms with Crippen LogP contribution in [0, 0.1) is 6.92 Å². The summed E-state index contributed by atoms with van der Waals surface area (Å²) in [6.45, 7) is 1.79. The van der Waals surface area contributed by atoms with E-state index >= 15 is 0 Å². The molecular formula is C21H17ClN4O3S2. The van der Waals surface area contributed by atoms with Crippen molar-refractivity contribution in [3.63, 3.8) is 0 Å². The zero-order valence-electron chi connectivity index (χ0n) is 16.2. The zero-order valence-corrected chi connectivity index (χ0v) is 18.6. The average Bonchev–Trinajstić information content (AvgIpc) is 3.35. The zero-order chi connectivity index (χ0) is 21.8. The van der Waals surface area contributed by atoms with Crippen LogP contribution in [0.5, 0.6) is 0 Å². The van der Waals surface area contributed by atoms with E-state index < -0.39 is 16.2 Å². The Morgan fingerprint density at radius 3 is 2.74 bits per heavy atom. The molecule has 5 rings (SSSR count). The van der Waals surface area contributed by atoms with E-state index in [1.807, 2.05) is 6.07 Å². The molecule has 3 N–H and O–H groups in total. The fraction of sp³-hybridized carbons (Fsp3) is 0.0952. The summed E-state index contributed by atoms with van der Waals surface area (Å²) in [5.41, 5.74) is 8.99. The lowest BCUT2D eigenvalue weighted by molar-refractivity contribution is 0.567. The van der Waals surface area contributed by atoms with Gasteiger partial charge in [0.2, 0.25) is 5.88 Å². The maximum atomic E-state index is 13.0. The first-order valence-electron chi connectivity index (χ1n) is 9.30. The van der Waals surface area contributed by atoms with Gasteiger partial charge in [-0.3, -0.25) is 4.72 Å². The van der Waals surface area contributed by atoms with E-state index in [9.17, 15) is 8.42 Å². The summed E-state index contributed by atoms with van der Waals surface area (Å²) in [5, 5.41) is 1.41. The third-order valence-electron chi connectivity index (χ3n) is 5.11. The molecule has 7 nitrogen and oxygen atoms in total. The molecule has 0 aliphatic carbocycles. The van der Waals surface area contributed by atoms with Crippen molar-refractivity contribution in [1.29, 1.82) is 0 Å². The van der Waals surface area contributed by atoms with E-state index in [1.165, 1.54) is 11.3 Å². The molecule has 158 valence electrons. The van der Waals surface area contributed by atoms with E-state index in [0.29, 0.717) is 22.2 Å². The van der Waals surface area contributed by atoms with Crippen LogP contribution >= 0.6 is 22.9 Å². The number of halogens is 1. The van der Waals surface area contributed by atoms with Crippen molar-refractivity contribution in [3.05, 3.63) is 70.9 Å². The second-order valence-corrected chi connectivity index (χ2v) is 10.5. The van der Waals surface area contributed by atoms with Gasteiger partial charge in [-0.2, -0.15) is 0 Å². The van der Waals surface area contributed by atoms with Crippen LogP contribution < -0.4 is 15.4 Å². The Kier molecular flexibility index (Phi) is 4.78.